The van der Waals surface area contributed by atoms with Crippen LogP contribution in [0.4, 0.5) is 5.82 Å². The summed E-state index contributed by atoms with van der Waals surface area (Å²) >= 11 is 0. The van der Waals surface area contributed by atoms with Gasteiger partial charge in [0, 0.05) is 37.0 Å². The minimum Gasteiger partial charge on any atom is -0.507 e. The zero-order valence-corrected chi connectivity index (χ0v) is 28.1. The van der Waals surface area contributed by atoms with E-state index < -0.39 is 29.7 Å². The number of nitrogens with two attached hydrogens (primary N) is 1. The first-order valence-electron chi connectivity index (χ1n) is 17.8. The van der Waals surface area contributed by atoms with E-state index in [0.717, 1.165) is 62.1 Å². The molecule has 9 rings (SSSR count). The van der Waals surface area contributed by atoms with Crippen molar-refractivity contribution in [3.05, 3.63) is 64.7 Å². The maximum absolute atomic E-state index is 13.4. The Morgan fingerprint density at radius 2 is 1.65 bits per heavy atom. The molecule has 0 bridgehead atoms. The van der Waals surface area contributed by atoms with Crippen molar-refractivity contribution in [1.82, 2.24) is 25.3 Å². The summed E-state index contributed by atoms with van der Waals surface area (Å²) < 4.78 is 6.61. The third kappa shape index (κ3) is 5.33. The van der Waals surface area contributed by atoms with Crippen molar-refractivity contribution < 1.29 is 29.0 Å². The van der Waals surface area contributed by atoms with E-state index in [1.807, 2.05) is 6.07 Å². The first-order chi connectivity index (χ1) is 24.6. The number of aryl methyl sites for hydroxylation is 1. The van der Waals surface area contributed by atoms with Gasteiger partial charge in [0.1, 0.15) is 23.1 Å². The number of fused-ring (bicyclic) bond motifs is 2. The molecule has 5 heterocycles. The molecule has 12 nitrogen and oxygen atoms in total. The number of piperidine rings is 1. The molecular formula is C39H38N6O6. The highest BCUT2D eigenvalue weighted by molar-refractivity contribution is 6.23. The van der Waals surface area contributed by atoms with Gasteiger partial charge < -0.3 is 15.6 Å². The number of nitrogens with one attached hydrogen (secondary N) is 1. The number of benzene rings is 2. The molecule has 2 aliphatic carbocycles. The van der Waals surface area contributed by atoms with Gasteiger partial charge >= 0.3 is 0 Å². The molecule has 0 radical (unpaired) electrons. The molecule has 2 saturated heterocycles. The van der Waals surface area contributed by atoms with Crippen molar-refractivity contribution in [2.75, 3.05) is 18.8 Å². The lowest BCUT2D eigenvalue weighted by Crippen LogP contribution is -2.68. The molecule has 1 atom stereocenters. The third-order valence-electron chi connectivity index (χ3n) is 12.1. The fourth-order valence-electron chi connectivity index (χ4n) is 9.23. The maximum atomic E-state index is 13.4. The van der Waals surface area contributed by atoms with E-state index in [4.69, 9.17) is 10.5 Å². The summed E-state index contributed by atoms with van der Waals surface area (Å²) in [6.07, 6.45) is 8.67. The van der Waals surface area contributed by atoms with Gasteiger partial charge in [-0.15, -0.1) is 10.2 Å². The van der Waals surface area contributed by atoms with E-state index in [2.05, 4.69) is 32.3 Å². The van der Waals surface area contributed by atoms with Crippen LogP contribution in [0, 0.1) is 23.2 Å². The molecule has 260 valence electrons. The lowest BCUT2D eigenvalue weighted by Gasteiger charge is -2.57. The van der Waals surface area contributed by atoms with Crippen LogP contribution in [0.3, 0.4) is 0 Å². The Morgan fingerprint density at radius 1 is 0.902 bits per heavy atom. The van der Waals surface area contributed by atoms with Crippen molar-refractivity contribution >= 4 is 29.4 Å². The Bertz CT molecular complexity index is 2080. The second-order valence-corrected chi connectivity index (χ2v) is 15.3. The summed E-state index contributed by atoms with van der Waals surface area (Å²) in [6, 6.07) is 11.8. The number of carbonyl (C=O) groups is 4. The smallest absolute Gasteiger partial charge is 0.262 e. The second kappa shape index (κ2) is 11.6. The number of nitrogen functional groups attached to an aromatic ring is 1. The van der Waals surface area contributed by atoms with Crippen LogP contribution in [0.1, 0.15) is 89.6 Å². The zero-order valence-electron chi connectivity index (χ0n) is 28.1. The summed E-state index contributed by atoms with van der Waals surface area (Å²) in [5.74, 6) is 6.07. The number of hydrogen-bond acceptors (Lipinski definition) is 10. The number of amides is 4. The summed E-state index contributed by atoms with van der Waals surface area (Å²) in [4.78, 5) is 54.3. The van der Waals surface area contributed by atoms with Gasteiger partial charge in [-0.3, -0.25) is 34.3 Å². The number of imide groups is 2. The number of aromatic nitrogens is 2. The number of nitrogens with zero attached hydrogens (tertiary/aromatic N) is 4. The number of carbonyl (C=O) groups excluding carboxylic acids is 4. The van der Waals surface area contributed by atoms with E-state index >= 15 is 0 Å². The average molecular weight is 687 g/mol. The maximum Gasteiger partial charge on any atom is 0.262 e. The van der Waals surface area contributed by atoms with Crippen LogP contribution in [0.2, 0.25) is 0 Å². The van der Waals surface area contributed by atoms with Crippen molar-refractivity contribution in [2.45, 2.75) is 81.9 Å². The highest BCUT2D eigenvalue weighted by atomic mass is 16.5. The summed E-state index contributed by atoms with van der Waals surface area (Å²) in [7, 11) is 0. The monoisotopic (exact) mass is 686 g/mol. The number of ether oxygens (including phenoxy) is 1. The number of phenolic OH excluding ortho intramolecular Hbond substituents is 1. The quantitative estimate of drug-likeness (QED) is 0.274. The SMILES string of the molecule is Nc1nnc(-c2ccccc2O)cc1C#CC1CC2(CCC(N3CC4(CCc5cc6c(cc5O4)C(=O)N(C4CCC(=O)NC4=O)C6=O)C3)CC2)C1. The Balaban J connectivity index is 0.790. The molecule has 1 aromatic heterocycles. The summed E-state index contributed by atoms with van der Waals surface area (Å²) in [5, 5.41) is 20.7. The van der Waals surface area contributed by atoms with Gasteiger partial charge in [0.25, 0.3) is 11.8 Å². The first-order valence-corrected chi connectivity index (χ1v) is 17.8. The van der Waals surface area contributed by atoms with Gasteiger partial charge in [0.15, 0.2) is 5.82 Å². The van der Waals surface area contributed by atoms with Gasteiger partial charge in [-0.25, -0.2) is 0 Å². The second-order valence-electron chi connectivity index (χ2n) is 15.3. The van der Waals surface area contributed by atoms with Crippen LogP contribution in [-0.2, 0) is 16.0 Å². The fourth-order valence-corrected chi connectivity index (χ4v) is 9.23. The molecule has 4 aliphatic heterocycles. The van der Waals surface area contributed by atoms with Gasteiger partial charge in [-0.2, -0.15) is 0 Å². The molecule has 1 unspecified atom stereocenters. The molecule has 51 heavy (non-hydrogen) atoms. The minimum atomic E-state index is -0.984. The number of phenols is 1. The Kier molecular flexibility index (Phi) is 7.23. The zero-order chi connectivity index (χ0) is 35.1. The number of hydrogen-bond donors (Lipinski definition) is 3. The molecule has 2 aromatic carbocycles. The minimum absolute atomic E-state index is 0.0883. The van der Waals surface area contributed by atoms with Gasteiger partial charge in [0.2, 0.25) is 11.8 Å². The number of para-hydroxylation sites is 1. The van der Waals surface area contributed by atoms with Crippen molar-refractivity contribution in [3.63, 3.8) is 0 Å². The Labute approximate surface area is 294 Å². The molecule has 2 saturated carbocycles. The largest absolute Gasteiger partial charge is 0.507 e. The van der Waals surface area contributed by atoms with Gasteiger partial charge in [-0.1, -0.05) is 24.0 Å². The van der Waals surface area contributed by atoms with Crippen LogP contribution >= 0.6 is 0 Å². The summed E-state index contributed by atoms with van der Waals surface area (Å²) in [5.41, 5.74) is 9.39. The fraction of sp³-hybridized carbons (Fsp3) is 0.436. The van der Waals surface area contributed by atoms with Crippen LogP contribution in [0.5, 0.6) is 11.5 Å². The van der Waals surface area contributed by atoms with Crippen LogP contribution < -0.4 is 15.8 Å². The standard InChI is InChI=1S/C39H38N6O6/c40-34-24(16-29(42-43-34)26-3-1-2-4-31(26)46)6-5-22-18-38(19-22)12-10-25(11-13-38)44-20-39(21-44)14-9-23-15-27-28(17-32(23)51-39)37(50)45(36(27)49)30-7-8-33(47)41-35(30)48/h1-4,15-17,22,25,30,46H,7-14,18-21H2,(H2,40,43)(H,41,47,48). The number of likely N-dealkylation sites (tertiary alicyclic amines) is 1. The van der Waals surface area contributed by atoms with Crippen molar-refractivity contribution in [1.29, 1.82) is 0 Å². The molecule has 4 fully saturated rings. The lowest BCUT2D eigenvalue weighted by atomic mass is 9.55. The highest BCUT2D eigenvalue weighted by Gasteiger charge is 2.53. The molecule has 4 N–H and O–H groups in total. The molecule has 6 aliphatic rings. The first kappa shape index (κ1) is 31.7. The Morgan fingerprint density at radius 3 is 2.39 bits per heavy atom. The molecular weight excluding hydrogens is 648 g/mol. The Hall–Kier alpha value is -5.28. The van der Waals surface area contributed by atoms with Crippen LogP contribution in [0.15, 0.2) is 42.5 Å². The van der Waals surface area contributed by atoms with E-state index in [1.54, 1.807) is 36.4 Å². The summed E-state index contributed by atoms with van der Waals surface area (Å²) in [6.45, 7) is 1.68. The predicted molar refractivity (Wildman–Crippen MR) is 184 cm³/mol. The third-order valence-corrected chi connectivity index (χ3v) is 12.1. The molecule has 12 heteroatoms. The van der Waals surface area contributed by atoms with Crippen LogP contribution in [0.25, 0.3) is 11.3 Å². The van der Waals surface area contributed by atoms with Gasteiger partial charge in [-0.05, 0) is 99.1 Å². The number of rotatable bonds is 3. The van der Waals surface area contributed by atoms with E-state index in [0.29, 0.717) is 45.5 Å². The van der Waals surface area contributed by atoms with E-state index in [9.17, 15) is 24.3 Å². The normalized spacial score (nSPS) is 27.8. The van der Waals surface area contributed by atoms with Gasteiger partial charge in [0.05, 0.1) is 22.4 Å². The van der Waals surface area contributed by atoms with Crippen LogP contribution in [-0.4, -0.2) is 79.5 Å². The highest BCUT2D eigenvalue weighted by Crippen LogP contribution is 2.56. The topological polar surface area (TPSA) is 168 Å². The predicted octanol–water partition coefficient (Wildman–Crippen LogP) is 3.60. The number of anilines is 1. The van der Waals surface area contributed by atoms with Crippen molar-refractivity contribution in [3.8, 4) is 34.6 Å². The molecule has 2 spiro atoms. The van der Waals surface area contributed by atoms with E-state index in [-0.39, 0.29) is 35.6 Å². The molecule has 3 aromatic rings. The molecule has 4 amide bonds. The number of aromatic hydroxyl groups is 1. The average Bonchev–Trinajstić information content (AvgIpc) is 3.33. The van der Waals surface area contributed by atoms with E-state index in [1.165, 1.54) is 12.8 Å². The lowest BCUT2D eigenvalue weighted by molar-refractivity contribution is -0.136. The van der Waals surface area contributed by atoms with Crippen molar-refractivity contribution in [2.24, 2.45) is 11.3 Å².